The highest BCUT2D eigenvalue weighted by atomic mass is 79.9. The normalized spacial score (nSPS) is 11.1. The summed E-state index contributed by atoms with van der Waals surface area (Å²) in [6.07, 6.45) is -0.824. The molecule has 2 aromatic rings. The van der Waals surface area contributed by atoms with E-state index < -0.39 is 23.4 Å². The lowest BCUT2D eigenvalue weighted by Crippen LogP contribution is -2.27. The summed E-state index contributed by atoms with van der Waals surface area (Å²) < 4.78 is 11.2. The minimum Gasteiger partial charge on any atom is -0.476 e. The van der Waals surface area contributed by atoms with Gasteiger partial charge in [-0.2, -0.15) is 4.98 Å². The first-order valence-corrected chi connectivity index (χ1v) is 7.45. The van der Waals surface area contributed by atoms with Crippen molar-refractivity contribution in [2.75, 3.05) is 5.32 Å². The highest BCUT2D eigenvalue weighted by Gasteiger charge is 2.25. The van der Waals surface area contributed by atoms with E-state index in [1.54, 1.807) is 45.0 Å². The topological polar surface area (TPSA) is 102 Å². The molecule has 0 aliphatic carbocycles. The van der Waals surface area contributed by atoms with E-state index in [2.05, 4.69) is 26.2 Å². The summed E-state index contributed by atoms with van der Waals surface area (Å²) in [7, 11) is 0. The maximum atomic E-state index is 11.8. The minimum absolute atomic E-state index is 0.0703. The maximum Gasteiger partial charge on any atom is 0.414 e. The van der Waals surface area contributed by atoms with Crippen LogP contribution in [0.2, 0.25) is 0 Å². The van der Waals surface area contributed by atoms with Gasteiger partial charge in [-0.15, -0.1) is 0 Å². The third-order valence-corrected chi connectivity index (χ3v) is 3.24. The number of oxazole rings is 1. The van der Waals surface area contributed by atoms with Crippen molar-refractivity contribution in [1.29, 1.82) is 0 Å². The van der Waals surface area contributed by atoms with Gasteiger partial charge in [-0.25, -0.2) is 9.59 Å². The van der Waals surface area contributed by atoms with Gasteiger partial charge in [0.25, 0.3) is 0 Å². The Morgan fingerprint density at radius 2 is 1.96 bits per heavy atom. The Labute approximate surface area is 140 Å². The van der Waals surface area contributed by atoms with Crippen LogP contribution in [0.1, 0.15) is 31.3 Å². The summed E-state index contributed by atoms with van der Waals surface area (Å²) in [5, 5.41) is 11.5. The Bertz CT molecular complexity index is 749. The number of ether oxygens (including phenoxy) is 1. The number of carbonyl (C=O) groups excluding carboxylic acids is 1. The molecule has 1 heterocycles. The van der Waals surface area contributed by atoms with Crippen molar-refractivity contribution in [3.63, 3.8) is 0 Å². The number of carboxylic acid groups (broad SMARTS) is 1. The number of amides is 1. The number of halogens is 1. The summed E-state index contributed by atoms with van der Waals surface area (Å²) in [5.74, 6) is -1.53. The molecular weight excluding hydrogens is 368 g/mol. The van der Waals surface area contributed by atoms with E-state index in [4.69, 9.17) is 9.15 Å². The number of nitrogens with one attached hydrogen (secondary N) is 1. The van der Waals surface area contributed by atoms with Crippen molar-refractivity contribution >= 4 is 33.9 Å². The van der Waals surface area contributed by atoms with E-state index >= 15 is 0 Å². The molecule has 1 amide bonds. The fraction of sp³-hybridized carbons (Fsp3) is 0.267. The third kappa shape index (κ3) is 4.32. The van der Waals surface area contributed by atoms with Gasteiger partial charge in [-0.1, -0.05) is 12.1 Å². The van der Waals surface area contributed by atoms with Gasteiger partial charge in [-0.05, 0) is 48.8 Å². The fourth-order valence-electron chi connectivity index (χ4n) is 1.70. The van der Waals surface area contributed by atoms with E-state index in [-0.39, 0.29) is 11.8 Å². The second kappa shape index (κ2) is 6.41. The first-order valence-electron chi connectivity index (χ1n) is 6.66. The predicted molar refractivity (Wildman–Crippen MR) is 86.5 cm³/mol. The molecule has 1 aromatic carbocycles. The Balaban J connectivity index is 2.35. The molecule has 1 aromatic heterocycles. The van der Waals surface area contributed by atoms with Crippen LogP contribution in [-0.4, -0.2) is 27.8 Å². The molecule has 0 fully saturated rings. The van der Waals surface area contributed by atoms with Crippen LogP contribution in [0.25, 0.3) is 11.5 Å². The molecule has 122 valence electrons. The lowest BCUT2D eigenvalue weighted by atomic mass is 10.2. The molecule has 0 radical (unpaired) electrons. The lowest BCUT2D eigenvalue weighted by molar-refractivity contribution is 0.0632. The number of carboxylic acids is 1. The molecule has 8 heteroatoms. The maximum absolute atomic E-state index is 11.8. The van der Waals surface area contributed by atoms with Crippen LogP contribution >= 0.6 is 15.9 Å². The second-order valence-electron chi connectivity index (χ2n) is 5.61. The predicted octanol–water partition coefficient (Wildman–Crippen LogP) is 4.15. The van der Waals surface area contributed by atoms with Crippen molar-refractivity contribution in [3.8, 4) is 11.5 Å². The molecule has 0 saturated carbocycles. The van der Waals surface area contributed by atoms with Gasteiger partial charge in [0.15, 0.2) is 0 Å². The van der Waals surface area contributed by atoms with E-state index in [0.717, 1.165) is 0 Å². The van der Waals surface area contributed by atoms with Gasteiger partial charge >= 0.3 is 12.1 Å². The molecule has 0 aliphatic rings. The van der Waals surface area contributed by atoms with Gasteiger partial charge in [0, 0.05) is 4.47 Å². The van der Waals surface area contributed by atoms with Crippen molar-refractivity contribution in [2.45, 2.75) is 26.4 Å². The second-order valence-corrected chi connectivity index (χ2v) is 6.46. The highest BCUT2D eigenvalue weighted by molar-refractivity contribution is 9.10. The first-order chi connectivity index (χ1) is 10.7. The number of benzene rings is 1. The smallest absolute Gasteiger partial charge is 0.414 e. The Kier molecular flexibility index (Phi) is 4.74. The van der Waals surface area contributed by atoms with Gasteiger partial charge in [0.1, 0.15) is 5.60 Å². The number of nitrogens with zero attached hydrogens (tertiary/aromatic N) is 1. The average Bonchev–Trinajstić information content (AvgIpc) is 2.80. The number of anilines is 1. The molecule has 0 atom stereocenters. The highest BCUT2D eigenvalue weighted by Crippen LogP contribution is 2.31. The first kappa shape index (κ1) is 17.0. The zero-order valence-corrected chi connectivity index (χ0v) is 14.3. The number of hydrogen-bond acceptors (Lipinski definition) is 5. The van der Waals surface area contributed by atoms with Gasteiger partial charge in [-0.3, -0.25) is 5.32 Å². The molecule has 23 heavy (non-hydrogen) atoms. The van der Waals surface area contributed by atoms with Crippen LogP contribution in [-0.2, 0) is 4.74 Å². The van der Waals surface area contributed by atoms with Crippen LogP contribution in [0.15, 0.2) is 33.2 Å². The quantitative estimate of drug-likeness (QED) is 0.826. The van der Waals surface area contributed by atoms with E-state index in [1.165, 1.54) is 0 Å². The molecule has 0 saturated heterocycles. The molecule has 0 unspecified atom stereocenters. The average molecular weight is 383 g/mol. The Morgan fingerprint density at radius 3 is 2.52 bits per heavy atom. The lowest BCUT2D eigenvalue weighted by Gasteiger charge is -2.19. The van der Waals surface area contributed by atoms with E-state index in [0.29, 0.717) is 10.0 Å². The molecule has 2 N–H and O–H groups in total. The zero-order valence-electron chi connectivity index (χ0n) is 12.7. The summed E-state index contributed by atoms with van der Waals surface area (Å²) in [6, 6.07) is 7.03. The van der Waals surface area contributed by atoms with Crippen LogP contribution in [0, 0.1) is 0 Å². The van der Waals surface area contributed by atoms with Gasteiger partial charge in [0.2, 0.25) is 17.5 Å². The van der Waals surface area contributed by atoms with E-state index in [1.807, 2.05) is 0 Å². The molecule has 2 rings (SSSR count). The summed E-state index contributed by atoms with van der Waals surface area (Å²) in [4.78, 5) is 27.0. The minimum atomic E-state index is -1.32. The Hall–Kier alpha value is -2.35. The molecule has 0 spiro atoms. The fourth-order valence-corrected chi connectivity index (χ4v) is 2.15. The molecule has 0 bridgehead atoms. The third-order valence-electron chi connectivity index (χ3n) is 2.55. The number of aromatic nitrogens is 1. The van der Waals surface area contributed by atoms with Crippen LogP contribution in [0.3, 0.4) is 0 Å². The van der Waals surface area contributed by atoms with Crippen molar-refractivity contribution in [2.24, 2.45) is 0 Å². The van der Waals surface area contributed by atoms with Crippen LogP contribution in [0.4, 0.5) is 10.7 Å². The van der Waals surface area contributed by atoms with E-state index in [9.17, 15) is 14.7 Å². The summed E-state index contributed by atoms with van der Waals surface area (Å²) in [6.45, 7) is 5.08. The van der Waals surface area contributed by atoms with Gasteiger partial charge < -0.3 is 14.3 Å². The van der Waals surface area contributed by atoms with Crippen LogP contribution in [0.5, 0.6) is 0 Å². The summed E-state index contributed by atoms with van der Waals surface area (Å²) in [5.41, 5.74) is -0.562. The monoisotopic (exact) mass is 382 g/mol. The van der Waals surface area contributed by atoms with Crippen molar-refractivity contribution in [3.05, 3.63) is 34.4 Å². The largest absolute Gasteiger partial charge is 0.476 e. The molecule has 7 nitrogen and oxygen atoms in total. The number of aromatic carboxylic acids is 1. The number of hydrogen-bond donors (Lipinski definition) is 2. The standard InChI is InChI=1S/C15H15BrN2O5/c1-15(2,3)23-14(21)18-12-10(13(19)20)17-11(22-12)8-6-4-5-7-9(8)16/h4-7H,1-3H3,(H,18,21)(H,19,20). The molecular formula is C15H15BrN2O5. The van der Waals surface area contributed by atoms with Crippen LogP contribution < -0.4 is 5.32 Å². The van der Waals surface area contributed by atoms with Crippen molar-refractivity contribution < 1.29 is 23.8 Å². The van der Waals surface area contributed by atoms with Gasteiger partial charge in [0.05, 0.1) is 5.56 Å². The SMILES string of the molecule is CC(C)(C)OC(=O)Nc1oc(-c2ccccc2Br)nc1C(=O)O. The zero-order chi connectivity index (χ0) is 17.2. The number of carbonyl (C=O) groups is 2. The Morgan fingerprint density at radius 1 is 1.30 bits per heavy atom. The number of rotatable bonds is 3. The molecule has 0 aliphatic heterocycles. The van der Waals surface area contributed by atoms with Crippen molar-refractivity contribution in [1.82, 2.24) is 4.98 Å². The summed E-state index contributed by atoms with van der Waals surface area (Å²) >= 11 is 3.33.